The largest absolute Gasteiger partial charge is 0.281 e. The summed E-state index contributed by atoms with van der Waals surface area (Å²) in [5, 5.41) is 19.9. The Morgan fingerprint density at radius 2 is 2.29 bits per heavy atom. The molecule has 0 aliphatic carbocycles. The number of hydrogen-bond acceptors (Lipinski definition) is 5. The smallest absolute Gasteiger partial charge is 0.187 e. The lowest BCUT2D eigenvalue weighted by atomic mass is 10.3. The molecule has 0 atom stereocenters. The standard InChI is InChI=1S/C11H7N5S/c1-7-13-9(6-17-7)11-15-14-10-4-8(5-12)2-3-16(10)11/h2-4,6H,1H3. The predicted octanol–water partition coefficient (Wildman–Crippen LogP) is 2.03. The van der Waals surface area contributed by atoms with E-state index in [9.17, 15) is 0 Å². The van der Waals surface area contributed by atoms with E-state index in [1.165, 1.54) is 0 Å². The van der Waals surface area contributed by atoms with Crippen LogP contribution < -0.4 is 0 Å². The summed E-state index contributed by atoms with van der Waals surface area (Å²) in [6.07, 6.45) is 1.79. The minimum absolute atomic E-state index is 0.575. The van der Waals surface area contributed by atoms with Crippen LogP contribution in [0.4, 0.5) is 0 Å². The summed E-state index contributed by atoms with van der Waals surface area (Å²) in [6, 6.07) is 5.52. The molecule has 0 aromatic carbocycles. The molecule has 0 saturated heterocycles. The fraction of sp³-hybridized carbons (Fsp3) is 0.0909. The van der Waals surface area contributed by atoms with Crippen molar-refractivity contribution < 1.29 is 0 Å². The van der Waals surface area contributed by atoms with Gasteiger partial charge >= 0.3 is 0 Å². The molecule has 0 saturated carbocycles. The molecule has 82 valence electrons. The number of nitriles is 1. The Bertz CT molecular complexity index is 734. The lowest BCUT2D eigenvalue weighted by molar-refractivity contribution is 1.09. The van der Waals surface area contributed by atoms with Crippen molar-refractivity contribution in [3.05, 3.63) is 34.3 Å². The van der Waals surface area contributed by atoms with Crippen LogP contribution in [0.15, 0.2) is 23.7 Å². The monoisotopic (exact) mass is 241 g/mol. The highest BCUT2D eigenvalue weighted by atomic mass is 32.1. The van der Waals surface area contributed by atoms with Crippen LogP contribution in [0.25, 0.3) is 17.2 Å². The second kappa shape index (κ2) is 3.64. The number of fused-ring (bicyclic) bond motifs is 1. The quantitative estimate of drug-likeness (QED) is 0.653. The number of pyridine rings is 1. The molecule has 3 heterocycles. The van der Waals surface area contributed by atoms with Crippen LogP contribution in [0, 0.1) is 18.3 Å². The summed E-state index contributed by atoms with van der Waals surface area (Å²) in [5.41, 5.74) is 2.04. The Balaban J connectivity index is 2.22. The molecular weight excluding hydrogens is 234 g/mol. The zero-order valence-electron chi connectivity index (χ0n) is 8.95. The molecule has 0 fully saturated rings. The number of thiazole rings is 1. The second-order valence-corrected chi connectivity index (χ2v) is 4.59. The van der Waals surface area contributed by atoms with Crippen LogP contribution in [-0.4, -0.2) is 19.6 Å². The van der Waals surface area contributed by atoms with Gasteiger partial charge in [-0.1, -0.05) is 0 Å². The lowest BCUT2D eigenvalue weighted by Crippen LogP contribution is -1.90. The van der Waals surface area contributed by atoms with Crippen molar-refractivity contribution in [2.45, 2.75) is 6.92 Å². The fourth-order valence-electron chi connectivity index (χ4n) is 1.60. The maximum atomic E-state index is 8.81. The van der Waals surface area contributed by atoms with Gasteiger partial charge in [-0.05, 0) is 13.0 Å². The average Bonchev–Trinajstić information content (AvgIpc) is 2.93. The third-order valence-electron chi connectivity index (χ3n) is 2.39. The van der Waals surface area contributed by atoms with Gasteiger partial charge in [0.25, 0.3) is 0 Å². The summed E-state index contributed by atoms with van der Waals surface area (Å²) in [7, 11) is 0. The molecule has 3 aromatic heterocycles. The topological polar surface area (TPSA) is 66.9 Å². The predicted molar refractivity (Wildman–Crippen MR) is 63.5 cm³/mol. The van der Waals surface area contributed by atoms with Crippen LogP contribution in [0.1, 0.15) is 10.6 Å². The van der Waals surface area contributed by atoms with Gasteiger partial charge in [0.05, 0.1) is 16.6 Å². The molecule has 0 aliphatic rings. The van der Waals surface area contributed by atoms with Crippen LogP contribution in [0.3, 0.4) is 0 Å². The molecule has 0 N–H and O–H groups in total. The van der Waals surface area contributed by atoms with Crippen LogP contribution in [0.2, 0.25) is 0 Å². The van der Waals surface area contributed by atoms with Crippen molar-refractivity contribution >= 4 is 17.0 Å². The van der Waals surface area contributed by atoms with Gasteiger partial charge in [-0.25, -0.2) is 4.98 Å². The number of nitrogens with zero attached hydrogens (tertiary/aromatic N) is 5. The van der Waals surface area contributed by atoms with E-state index >= 15 is 0 Å². The highest BCUT2D eigenvalue weighted by Crippen LogP contribution is 2.20. The van der Waals surface area contributed by atoms with Gasteiger partial charge in [-0.15, -0.1) is 21.5 Å². The van der Waals surface area contributed by atoms with Crippen LogP contribution >= 0.6 is 11.3 Å². The molecule has 0 unspecified atom stereocenters. The van der Waals surface area contributed by atoms with E-state index in [0.717, 1.165) is 10.7 Å². The Hall–Kier alpha value is -2.26. The third kappa shape index (κ3) is 1.57. The Labute approximate surface area is 101 Å². The number of aryl methyl sites for hydroxylation is 1. The highest BCUT2D eigenvalue weighted by Gasteiger charge is 2.10. The Morgan fingerprint density at radius 3 is 3.00 bits per heavy atom. The summed E-state index contributed by atoms with van der Waals surface area (Å²) in [6.45, 7) is 1.95. The first-order chi connectivity index (χ1) is 8.28. The van der Waals surface area contributed by atoms with Crippen molar-refractivity contribution in [1.82, 2.24) is 19.6 Å². The summed E-state index contributed by atoms with van der Waals surface area (Å²) in [5.74, 6) is 0.703. The summed E-state index contributed by atoms with van der Waals surface area (Å²) >= 11 is 1.57. The van der Waals surface area contributed by atoms with Gasteiger partial charge < -0.3 is 0 Å². The molecule has 0 radical (unpaired) electrons. The van der Waals surface area contributed by atoms with Crippen molar-refractivity contribution in [2.24, 2.45) is 0 Å². The van der Waals surface area contributed by atoms with Crippen molar-refractivity contribution in [3.63, 3.8) is 0 Å². The van der Waals surface area contributed by atoms with Gasteiger partial charge in [0.2, 0.25) is 0 Å². The van der Waals surface area contributed by atoms with Gasteiger partial charge in [0.15, 0.2) is 11.5 Å². The normalized spacial score (nSPS) is 10.6. The molecule has 5 nitrogen and oxygen atoms in total. The maximum absolute atomic E-state index is 8.81. The number of hydrogen-bond donors (Lipinski definition) is 0. The molecule has 6 heteroatoms. The van der Waals surface area contributed by atoms with E-state index in [2.05, 4.69) is 21.3 Å². The number of rotatable bonds is 1. The van der Waals surface area contributed by atoms with E-state index in [4.69, 9.17) is 5.26 Å². The van der Waals surface area contributed by atoms with E-state index < -0.39 is 0 Å². The molecule has 3 aromatic rings. The Morgan fingerprint density at radius 1 is 1.41 bits per heavy atom. The van der Waals surface area contributed by atoms with Crippen molar-refractivity contribution in [2.75, 3.05) is 0 Å². The molecule has 0 aliphatic heterocycles. The third-order valence-corrected chi connectivity index (χ3v) is 3.16. The molecule has 0 spiro atoms. The Kier molecular flexibility index (Phi) is 2.13. The van der Waals surface area contributed by atoms with E-state index in [0.29, 0.717) is 17.0 Å². The van der Waals surface area contributed by atoms with Gasteiger partial charge in [0.1, 0.15) is 5.69 Å². The minimum atomic E-state index is 0.575. The molecule has 17 heavy (non-hydrogen) atoms. The van der Waals surface area contributed by atoms with E-state index in [1.54, 1.807) is 29.7 Å². The summed E-state index contributed by atoms with van der Waals surface area (Å²) in [4.78, 5) is 4.38. The molecule has 0 amide bonds. The maximum Gasteiger partial charge on any atom is 0.187 e. The van der Waals surface area contributed by atoms with Gasteiger partial charge in [-0.3, -0.25) is 4.40 Å². The first-order valence-corrected chi connectivity index (χ1v) is 5.83. The van der Waals surface area contributed by atoms with Crippen LogP contribution in [0.5, 0.6) is 0 Å². The van der Waals surface area contributed by atoms with E-state index in [1.807, 2.05) is 16.7 Å². The summed E-state index contributed by atoms with van der Waals surface area (Å²) < 4.78 is 1.83. The first-order valence-electron chi connectivity index (χ1n) is 4.95. The zero-order valence-corrected chi connectivity index (χ0v) is 9.77. The van der Waals surface area contributed by atoms with Gasteiger partial charge in [-0.2, -0.15) is 5.26 Å². The lowest BCUT2D eigenvalue weighted by Gasteiger charge is -1.95. The fourth-order valence-corrected chi connectivity index (χ4v) is 2.19. The zero-order chi connectivity index (χ0) is 11.8. The first kappa shape index (κ1) is 9.93. The molecule has 0 bridgehead atoms. The van der Waals surface area contributed by atoms with E-state index in [-0.39, 0.29) is 0 Å². The van der Waals surface area contributed by atoms with Gasteiger partial charge in [0, 0.05) is 17.6 Å². The minimum Gasteiger partial charge on any atom is -0.281 e. The molecule has 3 rings (SSSR count). The SMILES string of the molecule is Cc1nc(-c2nnc3cc(C#N)ccn23)cs1. The van der Waals surface area contributed by atoms with Crippen LogP contribution in [-0.2, 0) is 0 Å². The number of aromatic nitrogens is 4. The molecular formula is C11H7N5S. The van der Waals surface area contributed by atoms with Crippen molar-refractivity contribution in [3.8, 4) is 17.6 Å². The average molecular weight is 241 g/mol. The highest BCUT2D eigenvalue weighted by molar-refractivity contribution is 7.09. The van der Waals surface area contributed by atoms with Crippen molar-refractivity contribution in [1.29, 1.82) is 5.26 Å². The second-order valence-electron chi connectivity index (χ2n) is 3.53.